The van der Waals surface area contributed by atoms with Crippen LogP contribution in [0.5, 0.6) is 0 Å². The summed E-state index contributed by atoms with van der Waals surface area (Å²) in [5.74, 6) is 0. The van der Waals surface area contributed by atoms with Crippen molar-refractivity contribution in [3.63, 3.8) is 0 Å². The lowest BCUT2D eigenvalue weighted by atomic mass is 10.1. The predicted octanol–water partition coefficient (Wildman–Crippen LogP) is 6.50. The molecule has 0 aromatic rings. The second-order valence-corrected chi connectivity index (χ2v) is 5.98. The molecule has 0 bridgehead atoms. The Bertz CT molecular complexity index is 156. The largest absolute Gasteiger partial charge is 0.379 e. The zero-order valence-corrected chi connectivity index (χ0v) is 13.9. The number of ether oxygens (including phenoxy) is 1. The standard InChI is InChI=1S/C18H38O/c1-4-6-7-8-9-10-11-12-13-14-15-16-17-19-18(3)5-2/h18H,4-17H2,1-3H3. The van der Waals surface area contributed by atoms with Crippen LogP contribution in [0.3, 0.4) is 0 Å². The van der Waals surface area contributed by atoms with Crippen molar-refractivity contribution in [2.75, 3.05) is 6.61 Å². The van der Waals surface area contributed by atoms with E-state index < -0.39 is 0 Å². The average Bonchev–Trinajstić information content (AvgIpc) is 2.43. The summed E-state index contributed by atoms with van der Waals surface area (Å²) in [5, 5.41) is 0. The van der Waals surface area contributed by atoms with Crippen LogP contribution in [0.1, 0.15) is 104 Å². The van der Waals surface area contributed by atoms with Crippen LogP contribution >= 0.6 is 0 Å². The normalized spacial score (nSPS) is 12.8. The van der Waals surface area contributed by atoms with Crippen molar-refractivity contribution in [1.29, 1.82) is 0 Å². The third-order valence-electron chi connectivity index (χ3n) is 3.98. The van der Waals surface area contributed by atoms with Crippen LogP contribution in [0, 0.1) is 0 Å². The van der Waals surface area contributed by atoms with E-state index in [1.807, 2.05) is 0 Å². The number of hydrogen-bond acceptors (Lipinski definition) is 1. The first-order valence-electron chi connectivity index (χ1n) is 8.92. The highest BCUT2D eigenvalue weighted by Gasteiger charge is 1.97. The number of unbranched alkanes of at least 4 members (excludes halogenated alkanes) is 11. The van der Waals surface area contributed by atoms with Gasteiger partial charge >= 0.3 is 0 Å². The van der Waals surface area contributed by atoms with Crippen molar-refractivity contribution in [2.24, 2.45) is 0 Å². The van der Waals surface area contributed by atoms with Gasteiger partial charge in [0.2, 0.25) is 0 Å². The molecule has 116 valence electrons. The Labute approximate surface area is 122 Å². The van der Waals surface area contributed by atoms with Gasteiger partial charge in [0.25, 0.3) is 0 Å². The lowest BCUT2D eigenvalue weighted by Gasteiger charge is -2.09. The Morgan fingerprint density at radius 2 is 1.05 bits per heavy atom. The highest BCUT2D eigenvalue weighted by atomic mass is 16.5. The Balaban J connectivity index is 2.95. The minimum absolute atomic E-state index is 0.452. The molecule has 0 spiro atoms. The molecule has 0 radical (unpaired) electrons. The summed E-state index contributed by atoms with van der Waals surface area (Å²) < 4.78 is 5.68. The quantitative estimate of drug-likeness (QED) is 0.308. The van der Waals surface area contributed by atoms with E-state index in [-0.39, 0.29) is 0 Å². The van der Waals surface area contributed by atoms with Crippen LogP contribution < -0.4 is 0 Å². The molecule has 1 atom stereocenters. The topological polar surface area (TPSA) is 9.23 Å². The fourth-order valence-electron chi connectivity index (χ4n) is 2.35. The van der Waals surface area contributed by atoms with Crippen molar-refractivity contribution in [3.05, 3.63) is 0 Å². The van der Waals surface area contributed by atoms with Crippen molar-refractivity contribution in [2.45, 2.75) is 110 Å². The van der Waals surface area contributed by atoms with Crippen LogP contribution in [0.25, 0.3) is 0 Å². The molecule has 0 aliphatic heterocycles. The zero-order chi connectivity index (χ0) is 14.2. The maximum Gasteiger partial charge on any atom is 0.0544 e. The van der Waals surface area contributed by atoms with Gasteiger partial charge in [0, 0.05) is 6.61 Å². The maximum atomic E-state index is 5.68. The Hall–Kier alpha value is -0.0400. The van der Waals surface area contributed by atoms with Crippen molar-refractivity contribution in [3.8, 4) is 0 Å². The molecule has 1 unspecified atom stereocenters. The average molecular weight is 271 g/mol. The third kappa shape index (κ3) is 15.9. The first-order chi connectivity index (χ1) is 9.31. The molecule has 0 amide bonds. The molecule has 1 heteroatoms. The van der Waals surface area contributed by atoms with E-state index in [1.165, 1.54) is 77.0 Å². The van der Waals surface area contributed by atoms with E-state index in [1.54, 1.807) is 0 Å². The SMILES string of the molecule is CCCCCCCCCCCCCCOC(C)CC. The van der Waals surface area contributed by atoms with Crippen LogP contribution in [-0.2, 0) is 4.74 Å². The van der Waals surface area contributed by atoms with E-state index in [0.29, 0.717) is 6.10 Å². The number of rotatable bonds is 15. The number of hydrogen-bond donors (Lipinski definition) is 0. The molecule has 19 heavy (non-hydrogen) atoms. The minimum Gasteiger partial charge on any atom is -0.379 e. The van der Waals surface area contributed by atoms with Gasteiger partial charge in [0.15, 0.2) is 0 Å². The van der Waals surface area contributed by atoms with Crippen LogP contribution in [0.4, 0.5) is 0 Å². The molecule has 0 N–H and O–H groups in total. The lowest BCUT2D eigenvalue weighted by molar-refractivity contribution is 0.0608. The van der Waals surface area contributed by atoms with Crippen LogP contribution in [0.15, 0.2) is 0 Å². The van der Waals surface area contributed by atoms with E-state index in [9.17, 15) is 0 Å². The van der Waals surface area contributed by atoms with Gasteiger partial charge in [-0.3, -0.25) is 0 Å². The van der Waals surface area contributed by atoms with Crippen molar-refractivity contribution >= 4 is 0 Å². The molecule has 0 rings (SSSR count). The molecule has 0 aliphatic rings. The summed E-state index contributed by atoms with van der Waals surface area (Å²) in [5.41, 5.74) is 0. The first-order valence-corrected chi connectivity index (χ1v) is 8.92. The molecule has 0 saturated carbocycles. The summed E-state index contributed by atoms with van der Waals surface area (Å²) in [6.07, 6.45) is 18.5. The predicted molar refractivity (Wildman–Crippen MR) is 86.8 cm³/mol. The third-order valence-corrected chi connectivity index (χ3v) is 3.98. The maximum absolute atomic E-state index is 5.68. The molecule has 0 fully saturated rings. The van der Waals surface area contributed by atoms with Crippen molar-refractivity contribution < 1.29 is 4.74 Å². The zero-order valence-electron chi connectivity index (χ0n) is 13.9. The fourth-order valence-corrected chi connectivity index (χ4v) is 2.35. The van der Waals surface area contributed by atoms with E-state index in [4.69, 9.17) is 4.74 Å². The second kappa shape index (κ2) is 16.0. The second-order valence-electron chi connectivity index (χ2n) is 5.98. The molecule has 0 heterocycles. The van der Waals surface area contributed by atoms with Gasteiger partial charge in [-0.1, -0.05) is 84.5 Å². The van der Waals surface area contributed by atoms with Gasteiger partial charge in [0.1, 0.15) is 0 Å². The van der Waals surface area contributed by atoms with Crippen LogP contribution in [0.2, 0.25) is 0 Å². The van der Waals surface area contributed by atoms with E-state index >= 15 is 0 Å². The van der Waals surface area contributed by atoms with Gasteiger partial charge in [-0.05, 0) is 19.8 Å². The Morgan fingerprint density at radius 1 is 0.632 bits per heavy atom. The molecular formula is C18H38O. The molecule has 0 aliphatic carbocycles. The van der Waals surface area contributed by atoms with Gasteiger partial charge in [0.05, 0.1) is 6.10 Å². The molecule has 1 nitrogen and oxygen atoms in total. The molecule has 0 aromatic carbocycles. The van der Waals surface area contributed by atoms with Gasteiger partial charge in [-0.2, -0.15) is 0 Å². The highest BCUT2D eigenvalue weighted by molar-refractivity contribution is 4.49. The Kier molecular flexibility index (Phi) is 16.0. The minimum atomic E-state index is 0.452. The summed E-state index contributed by atoms with van der Waals surface area (Å²) in [4.78, 5) is 0. The Morgan fingerprint density at radius 3 is 1.47 bits per heavy atom. The first kappa shape index (κ1) is 19.0. The smallest absolute Gasteiger partial charge is 0.0544 e. The fraction of sp³-hybridized carbons (Fsp3) is 1.00. The summed E-state index contributed by atoms with van der Waals surface area (Å²) in [6.45, 7) is 7.60. The van der Waals surface area contributed by atoms with Gasteiger partial charge < -0.3 is 4.74 Å². The molecule has 0 saturated heterocycles. The molecular weight excluding hydrogens is 232 g/mol. The van der Waals surface area contributed by atoms with Gasteiger partial charge in [-0.15, -0.1) is 0 Å². The highest BCUT2D eigenvalue weighted by Crippen LogP contribution is 2.12. The monoisotopic (exact) mass is 270 g/mol. The summed E-state index contributed by atoms with van der Waals surface area (Å²) in [6, 6.07) is 0. The van der Waals surface area contributed by atoms with E-state index in [0.717, 1.165) is 13.0 Å². The van der Waals surface area contributed by atoms with Crippen LogP contribution in [-0.4, -0.2) is 12.7 Å². The van der Waals surface area contributed by atoms with E-state index in [2.05, 4.69) is 20.8 Å². The summed E-state index contributed by atoms with van der Waals surface area (Å²) in [7, 11) is 0. The van der Waals surface area contributed by atoms with Gasteiger partial charge in [-0.25, -0.2) is 0 Å². The van der Waals surface area contributed by atoms with Crippen molar-refractivity contribution in [1.82, 2.24) is 0 Å². The lowest BCUT2D eigenvalue weighted by Crippen LogP contribution is -2.07. The molecule has 0 aromatic heterocycles. The summed E-state index contributed by atoms with van der Waals surface area (Å²) >= 11 is 0.